The van der Waals surface area contributed by atoms with Crippen molar-refractivity contribution >= 4 is 0 Å². The van der Waals surface area contributed by atoms with Crippen LogP contribution < -0.4 is 5.32 Å². The second-order valence-electron chi connectivity index (χ2n) is 4.50. The number of halogens is 6. The van der Waals surface area contributed by atoms with Crippen molar-refractivity contribution in [2.45, 2.75) is 50.2 Å². The van der Waals surface area contributed by atoms with E-state index in [0.29, 0.717) is 12.8 Å². The number of hydrogen-bond acceptors (Lipinski definition) is 2. The van der Waals surface area contributed by atoms with Gasteiger partial charge in [-0.05, 0) is 12.8 Å². The van der Waals surface area contributed by atoms with Crippen molar-refractivity contribution < 1.29 is 31.4 Å². The number of alkyl halides is 6. The highest BCUT2D eigenvalue weighted by Crippen LogP contribution is 2.37. The van der Waals surface area contributed by atoms with Crippen molar-refractivity contribution in [3.05, 3.63) is 0 Å². The molecule has 0 aromatic rings. The van der Waals surface area contributed by atoms with E-state index in [1.807, 2.05) is 0 Å². The summed E-state index contributed by atoms with van der Waals surface area (Å²) in [6, 6.07) is -1.05. The molecular weight excluding hydrogens is 264 g/mol. The van der Waals surface area contributed by atoms with Crippen molar-refractivity contribution in [2.75, 3.05) is 6.54 Å². The van der Waals surface area contributed by atoms with E-state index in [0.717, 1.165) is 0 Å². The van der Waals surface area contributed by atoms with E-state index in [2.05, 4.69) is 5.32 Å². The molecule has 1 aliphatic carbocycles. The third kappa shape index (κ3) is 4.31. The molecule has 1 rings (SSSR count). The van der Waals surface area contributed by atoms with Crippen LogP contribution in [0.2, 0.25) is 0 Å². The van der Waals surface area contributed by atoms with E-state index < -0.39 is 37.0 Å². The number of rotatable bonds is 3. The molecule has 0 aliphatic heterocycles. The summed E-state index contributed by atoms with van der Waals surface area (Å²) in [6.45, 7) is -0.902. The van der Waals surface area contributed by atoms with Crippen molar-refractivity contribution in [1.82, 2.24) is 5.32 Å². The third-order valence-corrected chi connectivity index (χ3v) is 3.14. The SMILES string of the molecule is O[C@H](CN[C@@H]1CCCC[C@@H]1C(F)(F)F)C(F)(F)F. The Kier molecular flexibility index (Phi) is 4.88. The Balaban J connectivity index is 2.53. The van der Waals surface area contributed by atoms with Crippen LogP contribution in [0.15, 0.2) is 0 Å². The lowest BCUT2D eigenvalue weighted by Crippen LogP contribution is -2.49. The monoisotopic (exact) mass is 279 g/mol. The summed E-state index contributed by atoms with van der Waals surface area (Å²) in [5, 5.41) is 10.9. The Hall–Kier alpha value is -0.500. The number of aliphatic hydroxyl groups is 1. The van der Waals surface area contributed by atoms with Crippen LogP contribution in [0.5, 0.6) is 0 Å². The van der Waals surface area contributed by atoms with Gasteiger partial charge >= 0.3 is 12.4 Å². The lowest BCUT2D eigenvalue weighted by molar-refractivity contribution is -0.206. The standard InChI is InChI=1S/C10H15F6NO/c11-9(12,13)6-3-1-2-4-7(6)17-5-8(18)10(14,15)16/h6-8,17-18H,1-5H2/t6-,7+,8+/m0/s1. The van der Waals surface area contributed by atoms with Crippen molar-refractivity contribution in [2.24, 2.45) is 5.92 Å². The van der Waals surface area contributed by atoms with Crippen LogP contribution in [0.1, 0.15) is 25.7 Å². The van der Waals surface area contributed by atoms with Gasteiger partial charge in [0.1, 0.15) is 0 Å². The Bertz CT molecular complexity index is 264. The van der Waals surface area contributed by atoms with E-state index in [9.17, 15) is 26.3 Å². The first-order valence-electron chi connectivity index (χ1n) is 5.67. The molecule has 18 heavy (non-hydrogen) atoms. The number of hydrogen-bond donors (Lipinski definition) is 2. The maximum Gasteiger partial charge on any atom is 0.415 e. The van der Waals surface area contributed by atoms with Crippen LogP contribution in [0.25, 0.3) is 0 Å². The fourth-order valence-electron chi connectivity index (χ4n) is 2.15. The summed E-state index contributed by atoms with van der Waals surface area (Å²) in [4.78, 5) is 0. The maximum atomic E-state index is 12.6. The minimum absolute atomic E-state index is 0.0801. The van der Waals surface area contributed by atoms with Crippen molar-refractivity contribution in [3.8, 4) is 0 Å². The summed E-state index contributed by atoms with van der Waals surface area (Å²) in [7, 11) is 0. The second-order valence-corrected chi connectivity index (χ2v) is 4.50. The predicted octanol–water partition coefficient (Wildman–Crippen LogP) is 2.62. The van der Waals surface area contributed by atoms with Gasteiger partial charge in [0.25, 0.3) is 0 Å². The molecule has 2 N–H and O–H groups in total. The molecule has 2 nitrogen and oxygen atoms in total. The van der Waals surface area contributed by atoms with E-state index in [1.54, 1.807) is 0 Å². The van der Waals surface area contributed by atoms with Crippen LogP contribution in [0, 0.1) is 5.92 Å². The molecular formula is C10H15F6NO. The molecule has 0 heterocycles. The topological polar surface area (TPSA) is 32.3 Å². The second kappa shape index (κ2) is 5.64. The molecule has 8 heteroatoms. The van der Waals surface area contributed by atoms with Gasteiger partial charge < -0.3 is 10.4 Å². The van der Waals surface area contributed by atoms with E-state index in [-0.39, 0.29) is 12.8 Å². The molecule has 1 aliphatic rings. The molecule has 0 saturated heterocycles. The fraction of sp³-hybridized carbons (Fsp3) is 1.00. The van der Waals surface area contributed by atoms with Gasteiger partial charge in [0.2, 0.25) is 0 Å². The normalized spacial score (nSPS) is 28.2. The quantitative estimate of drug-likeness (QED) is 0.778. The Morgan fingerprint density at radius 1 is 1.06 bits per heavy atom. The van der Waals surface area contributed by atoms with Crippen molar-refractivity contribution in [1.29, 1.82) is 0 Å². The van der Waals surface area contributed by atoms with E-state index >= 15 is 0 Å². The summed E-state index contributed by atoms with van der Waals surface area (Å²) in [6.07, 6.45) is -10.8. The lowest BCUT2D eigenvalue weighted by Gasteiger charge is -2.34. The molecule has 1 saturated carbocycles. The molecule has 0 spiro atoms. The number of nitrogens with one attached hydrogen (secondary N) is 1. The smallest absolute Gasteiger partial charge is 0.382 e. The lowest BCUT2D eigenvalue weighted by atomic mass is 9.84. The van der Waals surface area contributed by atoms with Crippen LogP contribution in [0.3, 0.4) is 0 Å². The molecule has 3 atom stereocenters. The molecule has 0 aromatic carbocycles. The average molecular weight is 279 g/mol. The molecule has 108 valence electrons. The van der Waals surface area contributed by atoms with Gasteiger partial charge in [0, 0.05) is 12.6 Å². The van der Waals surface area contributed by atoms with Gasteiger partial charge in [0.05, 0.1) is 5.92 Å². The molecule has 0 radical (unpaired) electrons. The predicted molar refractivity (Wildman–Crippen MR) is 51.9 cm³/mol. The molecule has 0 aromatic heterocycles. The van der Waals surface area contributed by atoms with Crippen LogP contribution in [-0.2, 0) is 0 Å². The highest BCUT2D eigenvalue weighted by Gasteiger charge is 2.46. The molecule has 0 unspecified atom stereocenters. The van der Waals surface area contributed by atoms with Gasteiger partial charge in [-0.15, -0.1) is 0 Å². The molecule has 1 fully saturated rings. The summed E-state index contributed by atoms with van der Waals surface area (Å²) >= 11 is 0. The largest absolute Gasteiger partial charge is 0.415 e. The average Bonchev–Trinajstić information content (AvgIpc) is 2.23. The van der Waals surface area contributed by atoms with Gasteiger partial charge in [-0.3, -0.25) is 0 Å². The Morgan fingerprint density at radius 3 is 2.11 bits per heavy atom. The van der Waals surface area contributed by atoms with Crippen LogP contribution in [0.4, 0.5) is 26.3 Å². The zero-order valence-electron chi connectivity index (χ0n) is 9.48. The zero-order valence-corrected chi connectivity index (χ0v) is 9.48. The number of aliphatic hydroxyl groups excluding tert-OH is 1. The van der Waals surface area contributed by atoms with Gasteiger partial charge in [0.15, 0.2) is 6.10 Å². The Morgan fingerprint density at radius 2 is 1.61 bits per heavy atom. The van der Waals surface area contributed by atoms with Gasteiger partial charge in [-0.2, -0.15) is 26.3 Å². The summed E-state index contributed by atoms with van der Waals surface area (Å²) in [5.74, 6) is -1.63. The minimum Gasteiger partial charge on any atom is -0.382 e. The first-order valence-corrected chi connectivity index (χ1v) is 5.67. The Labute approximate surface area is 100 Å². The summed E-state index contributed by atoms with van der Waals surface area (Å²) < 4.78 is 73.9. The van der Waals surface area contributed by atoms with E-state index in [4.69, 9.17) is 5.11 Å². The fourth-order valence-corrected chi connectivity index (χ4v) is 2.15. The zero-order chi connectivity index (χ0) is 14.0. The first-order chi connectivity index (χ1) is 8.12. The summed E-state index contributed by atoms with van der Waals surface area (Å²) in [5.41, 5.74) is 0. The third-order valence-electron chi connectivity index (χ3n) is 3.14. The highest BCUT2D eigenvalue weighted by atomic mass is 19.4. The molecule has 0 amide bonds. The van der Waals surface area contributed by atoms with Gasteiger partial charge in [-0.1, -0.05) is 12.8 Å². The molecule has 0 bridgehead atoms. The highest BCUT2D eigenvalue weighted by molar-refractivity contribution is 4.86. The first kappa shape index (κ1) is 15.6. The van der Waals surface area contributed by atoms with E-state index in [1.165, 1.54) is 0 Å². The van der Waals surface area contributed by atoms with Gasteiger partial charge in [-0.25, -0.2) is 0 Å². The minimum atomic E-state index is -4.81. The van der Waals surface area contributed by atoms with Crippen molar-refractivity contribution in [3.63, 3.8) is 0 Å². The van der Waals surface area contributed by atoms with Crippen LogP contribution >= 0.6 is 0 Å². The van der Waals surface area contributed by atoms with Crippen LogP contribution in [-0.4, -0.2) is 36.1 Å². The maximum absolute atomic E-state index is 12.6.